The molecule has 4 heteroatoms. The fourth-order valence-electron chi connectivity index (χ4n) is 2.43. The normalized spacial score (nSPS) is 11.2. The SMILES string of the molecule is CC(C)N(Cc1ccc(N)cc1)c1nccc2occc12. The molecule has 0 aliphatic rings. The molecule has 108 valence electrons. The first-order chi connectivity index (χ1) is 10.1. The van der Waals surface area contributed by atoms with Crippen LogP contribution in [-0.2, 0) is 6.54 Å². The number of hydrogen-bond donors (Lipinski definition) is 1. The van der Waals surface area contributed by atoms with E-state index in [0.717, 1.165) is 29.0 Å². The van der Waals surface area contributed by atoms with E-state index in [9.17, 15) is 0 Å². The molecule has 0 aliphatic carbocycles. The molecule has 0 amide bonds. The largest absolute Gasteiger partial charge is 0.464 e. The van der Waals surface area contributed by atoms with E-state index in [-0.39, 0.29) is 0 Å². The number of nitrogen functional groups attached to an aromatic ring is 1. The molecule has 0 saturated carbocycles. The van der Waals surface area contributed by atoms with Crippen molar-refractivity contribution >= 4 is 22.5 Å². The van der Waals surface area contributed by atoms with Gasteiger partial charge in [-0.3, -0.25) is 0 Å². The number of nitrogens with two attached hydrogens (primary N) is 1. The van der Waals surface area contributed by atoms with E-state index >= 15 is 0 Å². The minimum absolute atomic E-state index is 0.329. The van der Waals surface area contributed by atoms with Crippen molar-refractivity contribution in [1.82, 2.24) is 4.98 Å². The number of furan rings is 1. The summed E-state index contributed by atoms with van der Waals surface area (Å²) >= 11 is 0. The highest BCUT2D eigenvalue weighted by Crippen LogP contribution is 2.28. The molecule has 0 atom stereocenters. The maximum absolute atomic E-state index is 5.75. The van der Waals surface area contributed by atoms with Gasteiger partial charge in [-0.15, -0.1) is 0 Å². The summed E-state index contributed by atoms with van der Waals surface area (Å²) in [5.74, 6) is 0.952. The van der Waals surface area contributed by atoms with Gasteiger partial charge in [-0.05, 0) is 43.7 Å². The number of benzene rings is 1. The van der Waals surface area contributed by atoms with Gasteiger partial charge < -0.3 is 15.1 Å². The molecule has 0 bridgehead atoms. The maximum atomic E-state index is 5.75. The number of hydrogen-bond acceptors (Lipinski definition) is 4. The highest BCUT2D eigenvalue weighted by Gasteiger charge is 2.16. The van der Waals surface area contributed by atoms with Crippen LogP contribution in [0.15, 0.2) is 53.3 Å². The van der Waals surface area contributed by atoms with Gasteiger partial charge in [0.25, 0.3) is 0 Å². The Labute approximate surface area is 124 Å². The molecule has 2 heterocycles. The lowest BCUT2D eigenvalue weighted by Gasteiger charge is -2.28. The Hall–Kier alpha value is -2.49. The molecule has 0 radical (unpaired) electrons. The van der Waals surface area contributed by atoms with Gasteiger partial charge in [-0.25, -0.2) is 4.98 Å². The molecule has 3 aromatic rings. The first kappa shape index (κ1) is 13.5. The van der Waals surface area contributed by atoms with E-state index in [1.54, 1.807) is 12.5 Å². The second kappa shape index (κ2) is 5.48. The maximum Gasteiger partial charge on any atom is 0.140 e. The zero-order valence-corrected chi connectivity index (χ0v) is 12.3. The average molecular weight is 281 g/mol. The molecular weight excluding hydrogens is 262 g/mol. The summed E-state index contributed by atoms with van der Waals surface area (Å²) in [6, 6.07) is 12.2. The lowest BCUT2D eigenvalue weighted by molar-refractivity contribution is 0.615. The third kappa shape index (κ3) is 2.70. The second-order valence-corrected chi connectivity index (χ2v) is 5.43. The highest BCUT2D eigenvalue weighted by atomic mass is 16.3. The Morgan fingerprint density at radius 1 is 1.14 bits per heavy atom. The second-order valence-electron chi connectivity index (χ2n) is 5.43. The quantitative estimate of drug-likeness (QED) is 0.738. The topological polar surface area (TPSA) is 55.3 Å². The van der Waals surface area contributed by atoms with Crippen molar-refractivity contribution in [3.63, 3.8) is 0 Å². The number of rotatable bonds is 4. The predicted octanol–water partition coefficient (Wildman–Crippen LogP) is 3.83. The van der Waals surface area contributed by atoms with Crippen LogP contribution in [-0.4, -0.2) is 11.0 Å². The van der Waals surface area contributed by atoms with Crippen molar-refractivity contribution in [1.29, 1.82) is 0 Å². The zero-order valence-electron chi connectivity index (χ0n) is 12.3. The summed E-state index contributed by atoms with van der Waals surface area (Å²) < 4.78 is 5.47. The van der Waals surface area contributed by atoms with Crippen molar-refractivity contribution in [2.45, 2.75) is 26.4 Å². The van der Waals surface area contributed by atoms with Crippen LogP contribution in [0.3, 0.4) is 0 Å². The average Bonchev–Trinajstić information content (AvgIpc) is 2.95. The first-order valence-corrected chi connectivity index (χ1v) is 7.08. The molecular formula is C17H19N3O. The molecule has 0 fully saturated rings. The summed E-state index contributed by atoms with van der Waals surface area (Å²) in [6.07, 6.45) is 3.50. The minimum Gasteiger partial charge on any atom is -0.464 e. The van der Waals surface area contributed by atoms with E-state index in [0.29, 0.717) is 6.04 Å². The molecule has 0 unspecified atom stereocenters. The number of nitrogens with zero attached hydrogens (tertiary/aromatic N) is 2. The fourth-order valence-corrected chi connectivity index (χ4v) is 2.43. The minimum atomic E-state index is 0.329. The van der Waals surface area contributed by atoms with Gasteiger partial charge in [0.15, 0.2) is 0 Å². The molecule has 21 heavy (non-hydrogen) atoms. The van der Waals surface area contributed by atoms with E-state index in [1.807, 2.05) is 24.3 Å². The summed E-state index contributed by atoms with van der Waals surface area (Å²) in [5.41, 5.74) is 8.61. The smallest absolute Gasteiger partial charge is 0.140 e. The highest BCUT2D eigenvalue weighted by molar-refractivity contribution is 5.88. The Balaban J connectivity index is 1.98. The Bertz CT molecular complexity index is 731. The van der Waals surface area contributed by atoms with Crippen molar-refractivity contribution in [2.24, 2.45) is 0 Å². The lowest BCUT2D eigenvalue weighted by atomic mass is 10.1. The van der Waals surface area contributed by atoms with Crippen LogP contribution in [0.5, 0.6) is 0 Å². The van der Waals surface area contributed by atoms with Gasteiger partial charge in [0.1, 0.15) is 11.4 Å². The molecule has 2 aromatic heterocycles. The summed E-state index contributed by atoms with van der Waals surface area (Å²) in [4.78, 5) is 6.82. The predicted molar refractivity (Wildman–Crippen MR) is 86.2 cm³/mol. The summed E-state index contributed by atoms with van der Waals surface area (Å²) in [6.45, 7) is 5.12. The molecule has 0 spiro atoms. The zero-order chi connectivity index (χ0) is 14.8. The van der Waals surface area contributed by atoms with Crippen LogP contribution in [0, 0.1) is 0 Å². The number of aromatic nitrogens is 1. The first-order valence-electron chi connectivity index (χ1n) is 7.08. The van der Waals surface area contributed by atoms with Gasteiger partial charge in [0.2, 0.25) is 0 Å². The Morgan fingerprint density at radius 2 is 1.90 bits per heavy atom. The molecule has 3 rings (SSSR count). The van der Waals surface area contributed by atoms with Crippen LogP contribution in [0.25, 0.3) is 11.0 Å². The van der Waals surface area contributed by atoms with Crippen LogP contribution in [0.1, 0.15) is 19.4 Å². The molecule has 2 N–H and O–H groups in total. The molecule has 4 nitrogen and oxygen atoms in total. The van der Waals surface area contributed by atoms with Gasteiger partial charge in [-0.1, -0.05) is 12.1 Å². The van der Waals surface area contributed by atoms with Crippen molar-refractivity contribution in [3.8, 4) is 0 Å². The monoisotopic (exact) mass is 281 g/mol. The molecule has 1 aromatic carbocycles. The Kier molecular flexibility index (Phi) is 3.52. The van der Waals surface area contributed by atoms with Gasteiger partial charge in [-0.2, -0.15) is 0 Å². The number of fused-ring (bicyclic) bond motifs is 1. The Morgan fingerprint density at radius 3 is 2.62 bits per heavy atom. The van der Waals surface area contributed by atoms with Crippen LogP contribution in [0.2, 0.25) is 0 Å². The standard InChI is InChI=1S/C17H19N3O/c1-12(2)20(11-13-3-5-14(18)6-4-13)17-15-8-10-21-16(15)7-9-19-17/h3-10,12H,11,18H2,1-2H3. The van der Waals surface area contributed by atoms with Gasteiger partial charge >= 0.3 is 0 Å². The molecule has 0 aliphatic heterocycles. The number of pyridine rings is 1. The van der Waals surface area contributed by atoms with E-state index in [1.165, 1.54) is 5.56 Å². The van der Waals surface area contributed by atoms with E-state index in [2.05, 4.69) is 35.9 Å². The fraction of sp³-hybridized carbons (Fsp3) is 0.235. The number of anilines is 2. The van der Waals surface area contributed by atoms with Crippen LogP contribution >= 0.6 is 0 Å². The summed E-state index contributed by atoms with van der Waals surface area (Å²) in [5, 5.41) is 1.04. The molecule has 0 saturated heterocycles. The van der Waals surface area contributed by atoms with Crippen molar-refractivity contribution < 1.29 is 4.42 Å². The van der Waals surface area contributed by atoms with Crippen molar-refractivity contribution in [2.75, 3.05) is 10.6 Å². The summed E-state index contributed by atoms with van der Waals surface area (Å²) in [7, 11) is 0. The van der Waals surface area contributed by atoms with E-state index < -0.39 is 0 Å². The van der Waals surface area contributed by atoms with Gasteiger partial charge in [0, 0.05) is 24.5 Å². The van der Waals surface area contributed by atoms with Crippen molar-refractivity contribution in [3.05, 3.63) is 54.4 Å². The van der Waals surface area contributed by atoms with Crippen LogP contribution in [0.4, 0.5) is 11.5 Å². The third-order valence-electron chi connectivity index (χ3n) is 3.59. The third-order valence-corrected chi connectivity index (χ3v) is 3.59. The van der Waals surface area contributed by atoms with Gasteiger partial charge in [0.05, 0.1) is 11.6 Å². The lowest BCUT2D eigenvalue weighted by Crippen LogP contribution is -2.31. The van der Waals surface area contributed by atoms with E-state index in [4.69, 9.17) is 10.2 Å². The van der Waals surface area contributed by atoms with Crippen LogP contribution < -0.4 is 10.6 Å².